The van der Waals surface area contributed by atoms with Gasteiger partial charge in [-0.15, -0.1) is 0 Å². The first-order valence-electron chi connectivity index (χ1n) is 5.48. The van der Waals surface area contributed by atoms with Gasteiger partial charge in [-0.25, -0.2) is 9.97 Å². The highest BCUT2D eigenvalue weighted by molar-refractivity contribution is 6.31. The third kappa shape index (κ3) is 2.81. The summed E-state index contributed by atoms with van der Waals surface area (Å²) < 4.78 is 0. The van der Waals surface area contributed by atoms with Gasteiger partial charge in [0, 0.05) is 18.4 Å². The molecule has 0 radical (unpaired) electrons. The van der Waals surface area contributed by atoms with Crippen LogP contribution in [-0.4, -0.2) is 16.0 Å². The van der Waals surface area contributed by atoms with Gasteiger partial charge in [-0.3, -0.25) is 0 Å². The van der Waals surface area contributed by atoms with Crippen LogP contribution in [0, 0.1) is 5.92 Å². The number of nitrogens with one attached hydrogen (secondary N) is 1. The van der Waals surface area contributed by atoms with Crippen molar-refractivity contribution in [3.8, 4) is 0 Å². The van der Waals surface area contributed by atoms with Crippen molar-refractivity contribution < 1.29 is 0 Å². The van der Waals surface area contributed by atoms with E-state index in [1.165, 1.54) is 25.7 Å². The van der Waals surface area contributed by atoms with Crippen LogP contribution in [0.15, 0.2) is 12.4 Å². The maximum Gasteiger partial charge on any atom is 0.171 e. The van der Waals surface area contributed by atoms with Gasteiger partial charge in [0.2, 0.25) is 0 Å². The lowest BCUT2D eigenvalue weighted by Crippen LogP contribution is -2.25. The van der Waals surface area contributed by atoms with Crippen LogP contribution in [0.5, 0.6) is 0 Å². The van der Waals surface area contributed by atoms with E-state index in [1.807, 2.05) is 0 Å². The van der Waals surface area contributed by atoms with Crippen LogP contribution < -0.4 is 5.32 Å². The van der Waals surface area contributed by atoms with Crippen LogP contribution in [0.3, 0.4) is 0 Å². The fourth-order valence-electron chi connectivity index (χ4n) is 2.02. The summed E-state index contributed by atoms with van der Waals surface area (Å²) in [4.78, 5) is 8.19. The van der Waals surface area contributed by atoms with E-state index in [4.69, 9.17) is 11.6 Å². The van der Waals surface area contributed by atoms with Crippen LogP contribution in [0.25, 0.3) is 0 Å². The van der Waals surface area contributed by atoms with Crippen LogP contribution in [-0.2, 0) is 0 Å². The molecule has 1 aliphatic carbocycles. The molecule has 1 N–H and O–H groups in total. The van der Waals surface area contributed by atoms with Gasteiger partial charge >= 0.3 is 0 Å². The van der Waals surface area contributed by atoms with Crippen molar-refractivity contribution in [2.75, 3.05) is 5.32 Å². The zero-order valence-corrected chi connectivity index (χ0v) is 9.67. The summed E-state index contributed by atoms with van der Waals surface area (Å²) in [7, 11) is 0. The molecule has 0 spiro atoms. The third-order valence-corrected chi connectivity index (χ3v) is 3.29. The molecule has 0 bridgehead atoms. The maximum absolute atomic E-state index is 5.94. The van der Waals surface area contributed by atoms with Gasteiger partial charge in [0.05, 0.1) is 0 Å². The number of anilines is 1. The van der Waals surface area contributed by atoms with Gasteiger partial charge in [-0.1, -0.05) is 18.5 Å². The van der Waals surface area contributed by atoms with Crippen molar-refractivity contribution in [3.05, 3.63) is 17.5 Å². The molecule has 82 valence electrons. The summed E-state index contributed by atoms with van der Waals surface area (Å²) in [6, 6.07) is 0.510. The molecule has 0 atom stereocenters. The third-order valence-electron chi connectivity index (χ3n) is 3.01. The van der Waals surface area contributed by atoms with Crippen LogP contribution >= 0.6 is 11.6 Å². The monoisotopic (exact) mass is 225 g/mol. The maximum atomic E-state index is 5.94. The summed E-state index contributed by atoms with van der Waals surface area (Å²) in [6.45, 7) is 2.31. The molecular weight excluding hydrogens is 210 g/mol. The van der Waals surface area contributed by atoms with Gasteiger partial charge in [-0.05, 0) is 31.6 Å². The molecule has 4 heteroatoms. The Bertz CT molecular complexity index is 321. The molecule has 0 amide bonds. The van der Waals surface area contributed by atoms with Crippen LogP contribution in [0.2, 0.25) is 5.15 Å². The Morgan fingerprint density at radius 1 is 1.20 bits per heavy atom. The predicted octanol–water partition coefficient (Wildman–Crippen LogP) is 3.12. The van der Waals surface area contributed by atoms with Crippen LogP contribution in [0.4, 0.5) is 5.82 Å². The van der Waals surface area contributed by atoms with E-state index >= 15 is 0 Å². The SMILES string of the molecule is CC1CCC(Nc2nccnc2Cl)CC1. The van der Waals surface area contributed by atoms with Crippen molar-refractivity contribution in [2.24, 2.45) is 5.92 Å². The van der Waals surface area contributed by atoms with E-state index < -0.39 is 0 Å². The van der Waals surface area contributed by atoms with Crippen molar-refractivity contribution in [2.45, 2.75) is 38.6 Å². The average molecular weight is 226 g/mol. The highest BCUT2D eigenvalue weighted by Gasteiger charge is 2.18. The molecule has 15 heavy (non-hydrogen) atoms. The zero-order chi connectivity index (χ0) is 10.7. The molecule has 0 unspecified atom stereocenters. The molecule has 3 nitrogen and oxygen atoms in total. The summed E-state index contributed by atoms with van der Waals surface area (Å²) in [5.74, 6) is 1.58. The summed E-state index contributed by atoms with van der Waals surface area (Å²) in [5, 5.41) is 3.83. The lowest BCUT2D eigenvalue weighted by molar-refractivity contribution is 0.361. The molecule has 0 aliphatic heterocycles. The van der Waals surface area contributed by atoms with E-state index in [1.54, 1.807) is 12.4 Å². The minimum Gasteiger partial charge on any atom is -0.365 e. The Balaban J connectivity index is 1.95. The fourth-order valence-corrected chi connectivity index (χ4v) is 2.18. The molecule has 0 aromatic carbocycles. The highest BCUT2D eigenvalue weighted by atomic mass is 35.5. The number of aromatic nitrogens is 2. The first kappa shape index (κ1) is 10.7. The normalized spacial score (nSPS) is 26.3. The summed E-state index contributed by atoms with van der Waals surface area (Å²) in [5.41, 5.74) is 0. The lowest BCUT2D eigenvalue weighted by Gasteiger charge is -2.27. The first-order chi connectivity index (χ1) is 7.25. The second-order valence-electron chi connectivity index (χ2n) is 4.30. The zero-order valence-electron chi connectivity index (χ0n) is 8.91. The molecule has 0 saturated heterocycles. The van der Waals surface area contributed by atoms with Crippen molar-refractivity contribution in [1.29, 1.82) is 0 Å². The molecule has 1 aromatic heterocycles. The summed E-state index contributed by atoms with van der Waals surface area (Å²) >= 11 is 5.94. The quantitative estimate of drug-likeness (QED) is 0.841. The average Bonchev–Trinajstić information content (AvgIpc) is 2.25. The Kier molecular flexibility index (Phi) is 3.41. The molecule has 1 aromatic rings. The minimum absolute atomic E-state index is 0.469. The van der Waals surface area contributed by atoms with E-state index in [9.17, 15) is 0 Å². The number of hydrogen-bond donors (Lipinski definition) is 1. The van der Waals surface area contributed by atoms with Crippen molar-refractivity contribution in [1.82, 2.24) is 9.97 Å². The van der Waals surface area contributed by atoms with Gasteiger partial charge in [-0.2, -0.15) is 0 Å². The Labute approximate surface area is 95.3 Å². The molecule has 1 saturated carbocycles. The smallest absolute Gasteiger partial charge is 0.171 e. The van der Waals surface area contributed by atoms with E-state index in [0.717, 1.165) is 11.7 Å². The number of hydrogen-bond acceptors (Lipinski definition) is 3. The van der Waals surface area contributed by atoms with E-state index in [2.05, 4.69) is 22.2 Å². The number of halogens is 1. The van der Waals surface area contributed by atoms with E-state index in [-0.39, 0.29) is 0 Å². The van der Waals surface area contributed by atoms with Crippen molar-refractivity contribution >= 4 is 17.4 Å². The standard InChI is InChI=1S/C11H16ClN3/c1-8-2-4-9(5-3-8)15-11-10(12)13-6-7-14-11/h6-9H,2-5H2,1H3,(H,14,15). The second kappa shape index (κ2) is 4.79. The van der Waals surface area contributed by atoms with Crippen molar-refractivity contribution in [3.63, 3.8) is 0 Å². The van der Waals surface area contributed by atoms with Gasteiger partial charge in [0.25, 0.3) is 0 Å². The molecule has 2 rings (SSSR count). The second-order valence-corrected chi connectivity index (χ2v) is 4.65. The van der Waals surface area contributed by atoms with Gasteiger partial charge in [0.1, 0.15) is 0 Å². The van der Waals surface area contributed by atoms with Gasteiger partial charge < -0.3 is 5.32 Å². The number of rotatable bonds is 2. The molecule has 1 heterocycles. The molecular formula is C11H16ClN3. The first-order valence-corrected chi connectivity index (χ1v) is 5.86. The Morgan fingerprint density at radius 3 is 2.53 bits per heavy atom. The molecule has 1 fully saturated rings. The predicted molar refractivity (Wildman–Crippen MR) is 62.1 cm³/mol. The molecule has 1 aliphatic rings. The lowest BCUT2D eigenvalue weighted by atomic mass is 9.87. The van der Waals surface area contributed by atoms with E-state index in [0.29, 0.717) is 11.2 Å². The highest BCUT2D eigenvalue weighted by Crippen LogP contribution is 2.26. The largest absolute Gasteiger partial charge is 0.365 e. The topological polar surface area (TPSA) is 37.8 Å². The van der Waals surface area contributed by atoms with Crippen LogP contribution in [0.1, 0.15) is 32.6 Å². The van der Waals surface area contributed by atoms with Gasteiger partial charge in [0.15, 0.2) is 11.0 Å². The minimum atomic E-state index is 0.469. The summed E-state index contributed by atoms with van der Waals surface area (Å²) in [6.07, 6.45) is 8.25. The Hall–Kier alpha value is -0.830. The Morgan fingerprint density at radius 2 is 1.87 bits per heavy atom. The number of nitrogens with zero attached hydrogens (tertiary/aromatic N) is 2. The fraction of sp³-hybridized carbons (Fsp3) is 0.636.